The Morgan fingerprint density at radius 1 is 0.872 bits per heavy atom. The van der Waals surface area contributed by atoms with E-state index in [1.165, 1.54) is 11.1 Å². The van der Waals surface area contributed by atoms with Crippen LogP contribution in [0.4, 0.5) is 5.82 Å². The zero-order chi connectivity index (χ0) is 26.2. The molecule has 0 saturated heterocycles. The maximum Gasteiger partial charge on any atom is 0.224 e. The van der Waals surface area contributed by atoms with Crippen LogP contribution in [0.25, 0.3) is 27.8 Å². The molecule has 0 radical (unpaired) electrons. The Balaban J connectivity index is 1.09. The fourth-order valence-corrected chi connectivity index (χ4v) is 5.39. The van der Waals surface area contributed by atoms with Gasteiger partial charge in [0.1, 0.15) is 5.82 Å². The molecule has 3 aromatic heterocycles. The van der Waals surface area contributed by atoms with Crippen molar-refractivity contribution < 1.29 is 4.79 Å². The van der Waals surface area contributed by atoms with Crippen LogP contribution in [0, 0.1) is 0 Å². The molecule has 0 fully saturated rings. The molecule has 0 aliphatic carbocycles. The van der Waals surface area contributed by atoms with Crippen molar-refractivity contribution >= 4 is 33.7 Å². The maximum absolute atomic E-state index is 12.9. The predicted molar refractivity (Wildman–Crippen MR) is 152 cm³/mol. The zero-order valence-corrected chi connectivity index (χ0v) is 21.3. The minimum absolute atomic E-state index is 0.0647. The first-order valence-corrected chi connectivity index (χ1v) is 13.2. The van der Waals surface area contributed by atoms with Crippen LogP contribution in [0.3, 0.4) is 0 Å². The molecule has 0 saturated carbocycles. The third kappa shape index (κ3) is 4.50. The van der Waals surface area contributed by atoms with E-state index in [4.69, 9.17) is 0 Å². The number of hydrogen-bond acceptors (Lipinski definition) is 5. The predicted octanol–water partition coefficient (Wildman–Crippen LogP) is 4.72. The van der Waals surface area contributed by atoms with Crippen molar-refractivity contribution in [2.24, 2.45) is 0 Å². The van der Waals surface area contributed by atoms with Gasteiger partial charge in [-0.3, -0.25) is 9.36 Å². The summed E-state index contributed by atoms with van der Waals surface area (Å²) >= 11 is 0. The molecule has 4 heterocycles. The van der Waals surface area contributed by atoms with Crippen LogP contribution in [-0.4, -0.2) is 37.2 Å². The molecule has 1 amide bonds. The van der Waals surface area contributed by atoms with Crippen LogP contribution in [0.5, 0.6) is 0 Å². The Labute approximate surface area is 225 Å². The van der Waals surface area contributed by atoms with Crippen LogP contribution in [-0.2, 0) is 30.7 Å². The number of rotatable bonds is 6. The lowest BCUT2D eigenvalue weighted by Crippen LogP contribution is -2.31. The second-order valence-electron chi connectivity index (χ2n) is 9.89. The lowest BCUT2D eigenvalue weighted by atomic mass is 10.00. The van der Waals surface area contributed by atoms with Crippen molar-refractivity contribution in [3.63, 3.8) is 0 Å². The molecule has 8 nitrogen and oxygen atoms in total. The zero-order valence-electron chi connectivity index (χ0n) is 21.3. The van der Waals surface area contributed by atoms with Crippen molar-refractivity contribution in [1.29, 1.82) is 0 Å². The van der Waals surface area contributed by atoms with Gasteiger partial charge in [-0.2, -0.15) is 0 Å². The molecule has 3 aromatic carbocycles. The third-order valence-electron chi connectivity index (χ3n) is 7.37. The molecular weight excluding hydrogens is 486 g/mol. The van der Waals surface area contributed by atoms with E-state index in [0.29, 0.717) is 6.54 Å². The summed E-state index contributed by atoms with van der Waals surface area (Å²) in [6, 6.07) is 28.5. The first kappa shape index (κ1) is 23.2. The number of carbonyl (C=O) groups excluding carboxylic acids is 1. The number of nitrogens with one attached hydrogen (secondary N) is 2. The molecule has 1 aliphatic rings. The first-order valence-electron chi connectivity index (χ1n) is 13.2. The molecule has 2 N–H and O–H groups in total. The monoisotopic (exact) mass is 513 g/mol. The SMILES string of the molecule is O=C(Cc1cn(-c2ccc(N3CCc4ccccc4C3)nn2)c2ccccc12)NCc1nc2ccccc2[nH]1. The highest BCUT2D eigenvalue weighted by molar-refractivity contribution is 5.90. The number of aromatic nitrogens is 5. The highest BCUT2D eigenvalue weighted by Crippen LogP contribution is 2.26. The number of nitrogens with zero attached hydrogens (tertiary/aromatic N) is 5. The van der Waals surface area contributed by atoms with Gasteiger partial charge in [0.2, 0.25) is 5.91 Å². The standard InChI is InChI=1S/C31H27N7O/c39-31(32-18-28-33-25-10-4-5-11-26(25)34-28)17-23-20-38(27-12-6-3-9-24(23)27)30-14-13-29(35-36-30)37-16-15-21-7-1-2-8-22(21)19-37/h1-14,20H,15-19H2,(H,32,39)(H,33,34). The number of aromatic amines is 1. The van der Waals surface area contributed by atoms with E-state index in [9.17, 15) is 4.79 Å². The number of amides is 1. The van der Waals surface area contributed by atoms with E-state index < -0.39 is 0 Å². The summed E-state index contributed by atoms with van der Waals surface area (Å²) in [7, 11) is 0. The van der Waals surface area contributed by atoms with E-state index in [0.717, 1.165) is 64.5 Å². The summed E-state index contributed by atoms with van der Waals surface area (Å²) in [5.41, 5.74) is 6.53. The second-order valence-corrected chi connectivity index (χ2v) is 9.89. The number of carbonyl (C=O) groups is 1. The molecule has 39 heavy (non-hydrogen) atoms. The fraction of sp³-hybridized carbons (Fsp3) is 0.161. The third-order valence-corrected chi connectivity index (χ3v) is 7.37. The minimum Gasteiger partial charge on any atom is -0.350 e. The number of imidazole rings is 1. The topological polar surface area (TPSA) is 91.7 Å². The van der Waals surface area contributed by atoms with Gasteiger partial charge in [0.15, 0.2) is 11.6 Å². The van der Waals surface area contributed by atoms with Gasteiger partial charge >= 0.3 is 0 Å². The van der Waals surface area contributed by atoms with Gasteiger partial charge in [0.05, 0.1) is 29.5 Å². The van der Waals surface area contributed by atoms with Gasteiger partial charge in [-0.15, -0.1) is 10.2 Å². The van der Waals surface area contributed by atoms with Crippen molar-refractivity contribution in [3.8, 4) is 5.82 Å². The first-order chi connectivity index (χ1) is 19.2. The summed E-state index contributed by atoms with van der Waals surface area (Å²) in [4.78, 5) is 23.0. The molecule has 8 heteroatoms. The van der Waals surface area contributed by atoms with Crippen LogP contribution in [0.1, 0.15) is 22.5 Å². The molecular formula is C31H27N7O. The van der Waals surface area contributed by atoms with Gasteiger partial charge in [-0.05, 0) is 53.4 Å². The Hall–Kier alpha value is -4.98. The molecule has 0 atom stereocenters. The number of H-pyrrole nitrogens is 1. The number of benzene rings is 3. The highest BCUT2D eigenvalue weighted by atomic mass is 16.1. The molecule has 7 rings (SSSR count). The van der Waals surface area contributed by atoms with Crippen LogP contribution in [0.2, 0.25) is 0 Å². The van der Waals surface area contributed by atoms with Crippen molar-refractivity contribution in [2.75, 3.05) is 11.4 Å². The van der Waals surface area contributed by atoms with E-state index in [-0.39, 0.29) is 12.3 Å². The Bertz CT molecular complexity index is 1770. The Morgan fingerprint density at radius 2 is 1.64 bits per heavy atom. The van der Waals surface area contributed by atoms with Gasteiger partial charge in [0, 0.05) is 24.7 Å². The van der Waals surface area contributed by atoms with Crippen LogP contribution in [0.15, 0.2) is 91.1 Å². The van der Waals surface area contributed by atoms with Gasteiger partial charge in [-0.25, -0.2) is 4.98 Å². The molecule has 0 bridgehead atoms. The van der Waals surface area contributed by atoms with Gasteiger partial charge in [0.25, 0.3) is 0 Å². The molecule has 1 aliphatic heterocycles. The normalized spacial score (nSPS) is 13.1. The Morgan fingerprint density at radius 3 is 2.51 bits per heavy atom. The average Bonchev–Trinajstić information content (AvgIpc) is 3.57. The van der Waals surface area contributed by atoms with Crippen molar-refractivity contribution in [2.45, 2.75) is 25.9 Å². The maximum atomic E-state index is 12.9. The molecule has 192 valence electrons. The van der Waals surface area contributed by atoms with Crippen molar-refractivity contribution in [3.05, 3.63) is 114 Å². The number of fused-ring (bicyclic) bond motifs is 3. The van der Waals surface area contributed by atoms with E-state index in [1.807, 2.05) is 71.4 Å². The van der Waals surface area contributed by atoms with Crippen LogP contribution < -0.4 is 10.2 Å². The number of anilines is 1. The fourth-order valence-electron chi connectivity index (χ4n) is 5.39. The summed E-state index contributed by atoms with van der Waals surface area (Å²) in [5.74, 6) is 2.26. The lowest BCUT2D eigenvalue weighted by Gasteiger charge is -2.29. The molecule has 0 spiro atoms. The second kappa shape index (κ2) is 9.72. The van der Waals surface area contributed by atoms with E-state index in [2.05, 4.69) is 54.6 Å². The average molecular weight is 514 g/mol. The Kier molecular flexibility index (Phi) is 5.77. The largest absolute Gasteiger partial charge is 0.350 e. The minimum atomic E-state index is -0.0647. The summed E-state index contributed by atoms with van der Waals surface area (Å²) in [6.45, 7) is 2.11. The van der Waals surface area contributed by atoms with Gasteiger partial charge in [-0.1, -0.05) is 54.6 Å². The summed E-state index contributed by atoms with van der Waals surface area (Å²) in [6.07, 6.45) is 3.25. The number of para-hydroxylation sites is 3. The quantitative estimate of drug-likeness (QED) is 0.336. The molecule has 0 unspecified atom stereocenters. The number of hydrogen-bond donors (Lipinski definition) is 2. The van der Waals surface area contributed by atoms with Crippen LogP contribution >= 0.6 is 0 Å². The lowest BCUT2D eigenvalue weighted by molar-refractivity contribution is -0.120. The van der Waals surface area contributed by atoms with Gasteiger partial charge < -0.3 is 15.2 Å². The summed E-state index contributed by atoms with van der Waals surface area (Å²) in [5, 5.41) is 13.2. The van der Waals surface area contributed by atoms with E-state index >= 15 is 0 Å². The molecule has 6 aromatic rings. The summed E-state index contributed by atoms with van der Waals surface area (Å²) < 4.78 is 2.01. The smallest absolute Gasteiger partial charge is 0.224 e. The highest BCUT2D eigenvalue weighted by Gasteiger charge is 2.18. The van der Waals surface area contributed by atoms with Crippen molar-refractivity contribution in [1.82, 2.24) is 30.0 Å². The van der Waals surface area contributed by atoms with E-state index in [1.54, 1.807) is 0 Å².